The highest BCUT2D eigenvalue weighted by Crippen LogP contribution is 2.28. The summed E-state index contributed by atoms with van der Waals surface area (Å²) in [6.45, 7) is 4.28. The third-order valence-corrected chi connectivity index (χ3v) is 3.08. The number of nitrogens with one attached hydrogen (secondary N) is 1. The Balaban J connectivity index is 3.05. The Morgan fingerprint density at radius 3 is 2.00 bits per heavy atom. The molecule has 2 heteroatoms. The maximum atomic E-state index is 12.8. The Kier molecular flexibility index (Phi) is 3.64. The normalized spacial score (nSPS) is 11.7. The van der Waals surface area contributed by atoms with Crippen LogP contribution in [-0.4, -0.2) is 7.05 Å². The van der Waals surface area contributed by atoms with Gasteiger partial charge in [0.1, 0.15) is 5.82 Å². The van der Waals surface area contributed by atoms with Crippen LogP contribution in [0.3, 0.4) is 0 Å². The molecular formula is C12H18FN. The molecule has 0 saturated heterocycles. The molecule has 0 atom stereocenters. The smallest absolute Gasteiger partial charge is 0.123 e. The van der Waals surface area contributed by atoms with Crippen LogP contribution in [0.15, 0.2) is 24.3 Å². The topological polar surface area (TPSA) is 12.0 Å². The van der Waals surface area contributed by atoms with Crippen molar-refractivity contribution in [1.82, 2.24) is 5.32 Å². The van der Waals surface area contributed by atoms with Gasteiger partial charge in [0, 0.05) is 5.54 Å². The first-order valence-corrected chi connectivity index (χ1v) is 5.13. The van der Waals surface area contributed by atoms with Gasteiger partial charge in [-0.05, 0) is 37.6 Å². The lowest BCUT2D eigenvalue weighted by atomic mass is 9.85. The molecule has 1 rings (SSSR count). The summed E-state index contributed by atoms with van der Waals surface area (Å²) in [5, 5.41) is 3.33. The minimum atomic E-state index is -0.175. The van der Waals surface area contributed by atoms with Gasteiger partial charge >= 0.3 is 0 Å². The fourth-order valence-electron chi connectivity index (χ4n) is 1.93. The van der Waals surface area contributed by atoms with Crippen LogP contribution in [0.25, 0.3) is 0 Å². The van der Waals surface area contributed by atoms with Gasteiger partial charge in [-0.3, -0.25) is 0 Å². The van der Waals surface area contributed by atoms with E-state index < -0.39 is 0 Å². The second-order valence-corrected chi connectivity index (χ2v) is 3.55. The van der Waals surface area contributed by atoms with Crippen LogP contribution in [0.5, 0.6) is 0 Å². The van der Waals surface area contributed by atoms with Gasteiger partial charge in [0.2, 0.25) is 0 Å². The highest BCUT2D eigenvalue weighted by molar-refractivity contribution is 5.24. The van der Waals surface area contributed by atoms with Crippen LogP contribution in [0.4, 0.5) is 4.39 Å². The third kappa shape index (κ3) is 1.95. The SMILES string of the molecule is CCC(CC)(NC)c1ccc(F)cc1. The fraction of sp³-hybridized carbons (Fsp3) is 0.500. The molecule has 1 aromatic carbocycles. The van der Waals surface area contributed by atoms with E-state index in [4.69, 9.17) is 0 Å². The van der Waals surface area contributed by atoms with E-state index in [9.17, 15) is 4.39 Å². The summed E-state index contributed by atoms with van der Waals surface area (Å²) in [7, 11) is 1.95. The van der Waals surface area contributed by atoms with E-state index in [2.05, 4.69) is 19.2 Å². The van der Waals surface area contributed by atoms with Crippen LogP contribution in [0.1, 0.15) is 32.3 Å². The third-order valence-electron chi connectivity index (χ3n) is 3.08. The average Bonchev–Trinajstić information content (AvgIpc) is 2.24. The highest BCUT2D eigenvalue weighted by Gasteiger charge is 2.25. The summed E-state index contributed by atoms with van der Waals surface area (Å²) in [6.07, 6.45) is 2.01. The lowest BCUT2D eigenvalue weighted by Gasteiger charge is -2.32. The molecule has 0 aliphatic carbocycles. The fourth-order valence-corrected chi connectivity index (χ4v) is 1.93. The molecule has 0 fully saturated rings. The van der Waals surface area contributed by atoms with Gasteiger partial charge in [0.15, 0.2) is 0 Å². The summed E-state index contributed by atoms with van der Waals surface area (Å²) in [4.78, 5) is 0. The largest absolute Gasteiger partial charge is 0.310 e. The van der Waals surface area contributed by atoms with E-state index in [0.29, 0.717) is 0 Å². The van der Waals surface area contributed by atoms with E-state index in [0.717, 1.165) is 18.4 Å². The van der Waals surface area contributed by atoms with Gasteiger partial charge < -0.3 is 5.32 Å². The number of benzene rings is 1. The van der Waals surface area contributed by atoms with Crippen LogP contribution in [-0.2, 0) is 5.54 Å². The first-order valence-electron chi connectivity index (χ1n) is 5.13. The van der Waals surface area contributed by atoms with Gasteiger partial charge in [-0.2, -0.15) is 0 Å². The van der Waals surface area contributed by atoms with Crippen LogP contribution in [0.2, 0.25) is 0 Å². The van der Waals surface area contributed by atoms with Gasteiger partial charge in [0.05, 0.1) is 0 Å². The molecule has 0 aliphatic rings. The Morgan fingerprint density at radius 1 is 1.14 bits per heavy atom. The van der Waals surface area contributed by atoms with Crippen LogP contribution in [0, 0.1) is 5.82 Å². The lowest BCUT2D eigenvalue weighted by molar-refractivity contribution is 0.334. The zero-order valence-electron chi connectivity index (χ0n) is 9.10. The molecule has 0 bridgehead atoms. The van der Waals surface area contributed by atoms with E-state index in [1.54, 1.807) is 0 Å². The molecule has 0 amide bonds. The number of hydrogen-bond donors (Lipinski definition) is 1. The summed E-state index contributed by atoms with van der Waals surface area (Å²) >= 11 is 0. The molecule has 0 saturated carbocycles. The summed E-state index contributed by atoms with van der Waals surface area (Å²) in [5.74, 6) is -0.175. The number of halogens is 1. The molecule has 0 radical (unpaired) electrons. The molecule has 0 heterocycles. The molecule has 78 valence electrons. The molecule has 1 N–H and O–H groups in total. The van der Waals surface area contributed by atoms with Crippen molar-refractivity contribution in [2.24, 2.45) is 0 Å². The minimum absolute atomic E-state index is 0.00625. The standard InChI is InChI=1S/C12H18FN/c1-4-12(5-2,14-3)10-6-8-11(13)9-7-10/h6-9,14H,4-5H2,1-3H3. The molecule has 0 aliphatic heterocycles. The summed E-state index contributed by atoms with van der Waals surface area (Å²) in [5.41, 5.74) is 1.15. The molecular weight excluding hydrogens is 177 g/mol. The summed E-state index contributed by atoms with van der Waals surface area (Å²) < 4.78 is 12.8. The van der Waals surface area contributed by atoms with Crippen molar-refractivity contribution in [3.63, 3.8) is 0 Å². The monoisotopic (exact) mass is 195 g/mol. The van der Waals surface area contributed by atoms with Crippen molar-refractivity contribution < 1.29 is 4.39 Å². The lowest BCUT2D eigenvalue weighted by Crippen LogP contribution is -2.38. The first-order chi connectivity index (χ1) is 6.68. The molecule has 1 aromatic rings. The first kappa shape index (κ1) is 11.2. The van der Waals surface area contributed by atoms with E-state index in [1.165, 1.54) is 12.1 Å². The number of hydrogen-bond acceptors (Lipinski definition) is 1. The Hall–Kier alpha value is -0.890. The molecule has 0 aromatic heterocycles. The Morgan fingerprint density at radius 2 is 1.64 bits per heavy atom. The second-order valence-electron chi connectivity index (χ2n) is 3.55. The van der Waals surface area contributed by atoms with E-state index in [-0.39, 0.29) is 11.4 Å². The quantitative estimate of drug-likeness (QED) is 0.778. The van der Waals surface area contributed by atoms with Gasteiger partial charge in [-0.15, -0.1) is 0 Å². The van der Waals surface area contributed by atoms with E-state index >= 15 is 0 Å². The highest BCUT2D eigenvalue weighted by atomic mass is 19.1. The van der Waals surface area contributed by atoms with Crippen LogP contribution >= 0.6 is 0 Å². The Labute approximate surface area is 85.3 Å². The molecule has 0 spiro atoms. The average molecular weight is 195 g/mol. The van der Waals surface area contributed by atoms with Crippen molar-refractivity contribution in [2.75, 3.05) is 7.05 Å². The maximum absolute atomic E-state index is 12.8. The van der Waals surface area contributed by atoms with Crippen molar-refractivity contribution in [1.29, 1.82) is 0 Å². The summed E-state index contributed by atoms with van der Waals surface area (Å²) in [6, 6.07) is 6.76. The van der Waals surface area contributed by atoms with Crippen molar-refractivity contribution in [3.05, 3.63) is 35.6 Å². The molecule has 0 unspecified atom stereocenters. The van der Waals surface area contributed by atoms with Gasteiger partial charge in [-0.25, -0.2) is 4.39 Å². The van der Waals surface area contributed by atoms with Gasteiger partial charge in [0.25, 0.3) is 0 Å². The Bertz CT molecular complexity index is 267. The molecule has 1 nitrogen and oxygen atoms in total. The minimum Gasteiger partial charge on any atom is -0.310 e. The predicted molar refractivity (Wildman–Crippen MR) is 57.7 cm³/mol. The maximum Gasteiger partial charge on any atom is 0.123 e. The zero-order valence-corrected chi connectivity index (χ0v) is 9.10. The molecule has 14 heavy (non-hydrogen) atoms. The zero-order chi connectivity index (χ0) is 10.6. The van der Waals surface area contributed by atoms with Crippen molar-refractivity contribution >= 4 is 0 Å². The van der Waals surface area contributed by atoms with Crippen LogP contribution < -0.4 is 5.32 Å². The predicted octanol–water partition coefficient (Wildman–Crippen LogP) is 3.06. The second kappa shape index (κ2) is 4.56. The number of rotatable bonds is 4. The van der Waals surface area contributed by atoms with Crippen molar-refractivity contribution in [2.45, 2.75) is 32.2 Å². The van der Waals surface area contributed by atoms with Crippen molar-refractivity contribution in [3.8, 4) is 0 Å². The van der Waals surface area contributed by atoms with Gasteiger partial charge in [-0.1, -0.05) is 26.0 Å². The van der Waals surface area contributed by atoms with E-state index in [1.807, 2.05) is 19.2 Å².